The number of hydrogen-bond donors (Lipinski definition) is 1. The van der Waals surface area contributed by atoms with E-state index >= 15 is 0 Å². The molecule has 0 atom stereocenters. The molecule has 0 fully saturated rings. The van der Waals surface area contributed by atoms with E-state index in [-0.39, 0.29) is 5.56 Å². The number of aromatic nitrogens is 2. The molecule has 0 amide bonds. The van der Waals surface area contributed by atoms with Crippen LogP contribution in [0.15, 0.2) is 27.8 Å². The van der Waals surface area contributed by atoms with E-state index < -0.39 is 5.69 Å². The summed E-state index contributed by atoms with van der Waals surface area (Å²) in [7, 11) is 1.58. The number of benzene rings is 1. The fourth-order valence-corrected chi connectivity index (χ4v) is 1.50. The van der Waals surface area contributed by atoms with Crippen molar-refractivity contribution in [1.82, 2.24) is 9.55 Å². The quantitative estimate of drug-likeness (QED) is 0.702. The van der Waals surface area contributed by atoms with Crippen LogP contribution in [-0.2, 0) is 7.05 Å². The highest BCUT2D eigenvalue weighted by Gasteiger charge is 2.03. The van der Waals surface area contributed by atoms with Crippen molar-refractivity contribution in [1.29, 1.82) is 0 Å². The molecule has 0 aliphatic heterocycles. The van der Waals surface area contributed by atoms with Gasteiger partial charge in [-0.2, -0.15) is 0 Å². The van der Waals surface area contributed by atoms with Gasteiger partial charge in [0, 0.05) is 12.1 Å². The average molecular weight is 211 g/mol. The molecule has 4 nitrogen and oxygen atoms in total. The molecule has 5 heteroatoms. The third-order valence-electron chi connectivity index (χ3n) is 2.09. The summed E-state index contributed by atoms with van der Waals surface area (Å²) in [6.07, 6.45) is 0. The molecule has 0 aliphatic rings. The van der Waals surface area contributed by atoms with Gasteiger partial charge in [0.05, 0.1) is 10.9 Å². The molecule has 2 rings (SSSR count). The van der Waals surface area contributed by atoms with Crippen LogP contribution in [0.5, 0.6) is 0 Å². The highest BCUT2D eigenvalue weighted by Crippen LogP contribution is 2.14. The Bertz CT molecular complexity index is 612. The molecule has 72 valence electrons. The Hall–Kier alpha value is -1.55. The molecular formula is C9H7ClN2O2. The molecule has 14 heavy (non-hydrogen) atoms. The molecule has 0 aliphatic carbocycles. The minimum Gasteiger partial charge on any atom is -0.296 e. The van der Waals surface area contributed by atoms with Crippen LogP contribution < -0.4 is 11.2 Å². The molecule has 0 saturated carbocycles. The maximum absolute atomic E-state index is 11.4. The van der Waals surface area contributed by atoms with E-state index in [1.807, 2.05) is 0 Å². The predicted octanol–water partition coefficient (Wildman–Crippen LogP) is 0.880. The zero-order chi connectivity index (χ0) is 10.3. The molecular weight excluding hydrogens is 204 g/mol. The lowest BCUT2D eigenvalue weighted by Crippen LogP contribution is -2.28. The van der Waals surface area contributed by atoms with Gasteiger partial charge in [-0.3, -0.25) is 14.3 Å². The first kappa shape index (κ1) is 9.02. The highest BCUT2D eigenvalue weighted by atomic mass is 35.5. The maximum Gasteiger partial charge on any atom is 0.328 e. The zero-order valence-electron chi connectivity index (χ0n) is 7.37. The summed E-state index contributed by atoms with van der Waals surface area (Å²) >= 11 is 5.77. The largest absolute Gasteiger partial charge is 0.328 e. The van der Waals surface area contributed by atoms with Crippen LogP contribution in [0.3, 0.4) is 0 Å². The van der Waals surface area contributed by atoms with Crippen molar-refractivity contribution in [2.24, 2.45) is 7.05 Å². The van der Waals surface area contributed by atoms with Crippen LogP contribution in [-0.4, -0.2) is 9.55 Å². The average Bonchev–Trinajstić information content (AvgIpc) is 2.14. The van der Waals surface area contributed by atoms with Gasteiger partial charge < -0.3 is 0 Å². The van der Waals surface area contributed by atoms with E-state index in [1.165, 1.54) is 4.57 Å². The van der Waals surface area contributed by atoms with Crippen LogP contribution in [0, 0.1) is 0 Å². The number of fused-ring (bicyclic) bond motifs is 1. The fraction of sp³-hybridized carbons (Fsp3) is 0.111. The Labute approximate surface area is 83.8 Å². The normalized spacial score (nSPS) is 10.7. The van der Waals surface area contributed by atoms with Crippen LogP contribution in [0.4, 0.5) is 0 Å². The SMILES string of the molecule is Cn1c(=O)[nH]c(=O)c2ccc(Cl)cc21. The van der Waals surface area contributed by atoms with Gasteiger partial charge in [-0.15, -0.1) is 0 Å². The van der Waals surface area contributed by atoms with E-state index in [1.54, 1.807) is 25.2 Å². The summed E-state index contributed by atoms with van der Waals surface area (Å²) in [4.78, 5) is 24.8. The van der Waals surface area contributed by atoms with Gasteiger partial charge in [0.2, 0.25) is 0 Å². The van der Waals surface area contributed by atoms with E-state index in [0.29, 0.717) is 15.9 Å². The van der Waals surface area contributed by atoms with Crippen LogP contribution in [0.2, 0.25) is 5.02 Å². The molecule has 2 aromatic rings. The fourth-order valence-electron chi connectivity index (χ4n) is 1.33. The maximum atomic E-state index is 11.4. The standard InChI is InChI=1S/C9H7ClN2O2/c1-12-7-4-5(10)2-3-6(7)8(13)11-9(12)14/h2-4H,1H3,(H,11,13,14). The van der Waals surface area contributed by atoms with Gasteiger partial charge in [0.25, 0.3) is 5.56 Å². The van der Waals surface area contributed by atoms with Crippen molar-refractivity contribution in [3.63, 3.8) is 0 Å². The Balaban J connectivity index is 3.11. The second-order valence-electron chi connectivity index (χ2n) is 2.98. The van der Waals surface area contributed by atoms with Gasteiger partial charge in [0.1, 0.15) is 0 Å². The minimum atomic E-state index is -0.440. The third-order valence-corrected chi connectivity index (χ3v) is 2.33. The lowest BCUT2D eigenvalue weighted by molar-refractivity contribution is 0.843. The zero-order valence-corrected chi connectivity index (χ0v) is 8.13. The second-order valence-corrected chi connectivity index (χ2v) is 3.42. The number of H-pyrrole nitrogens is 1. The lowest BCUT2D eigenvalue weighted by atomic mass is 10.2. The van der Waals surface area contributed by atoms with E-state index in [0.717, 1.165) is 0 Å². The number of nitrogens with one attached hydrogen (secondary N) is 1. The molecule has 0 spiro atoms. The summed E-state index contributed by atoms with van der Waals surface area (Å²) in [5.74, 6) is 0. The number of hydrogen-bond acceptors (Lipinski definition) is 2. The van der Waals surface area contributed by atoms with Crippen molar-refractivity contribution >= 4 is 22.5 Å². The van der Waals surface area contributed by atoms with Gasteiger partial charge in [0.15, 0.2) is 0 Å². The number of halogens is 1. The predicted molar refractivity (Wildman–Crippen MR) is 54.8 cm³/mol. The van der Waals surface area contributed by atoms with E-state index in [4.69, 9.17) is 11.6 Å². The Kier molecular flexibility index (Phi) is 1.93. The van der Waals surface area contributed by atoms with Crippen LogP contribution >= 0.6 is 11.6 Å². The summed E-state index contributed by atoms with van der Waals surface area (Å²) in [6.45, 7) is 0. The third kappa shape index (κ3) is 1.24. The number of nitrogens with zero attached hydrogens (tertiary/aromatic N) is 1. The lowest BCUT2D eigenvalue weighted by Gasteiger charge is -2.02. The number of rotatable bonds is 0. The summed E-state index contributed by atoms with van der Waals surface area (Å²) < 4.78 is 1.35. The Morgan fingerprint density at radius 2 is 2.07 bits per heavy atom. The van der Waals surface area contributed by atoms with Gasteiger partial charge in [-0.1, -0.05) is 11.6 Å². The Morgan fingerprint density at radius 1 is 1.36 bits per heavy atom. The molecule has 1 aromatic carbocycles. The second kappa shape index (κ2) is 2.99. The first-order valence-corrected chi connectivity index (χ1v) is 4.36. The van der Waals surface area contributed by atoms with E-state index in [2.05, 4.69) is 4.98 Å². The Morgan fingerprint density at radius 3 is 2.79 bits per heavy atom. The first-order chi connectivity index (χ1) is 6.59. The number of aryl methyl sites for hydroxylation is 1. The summed E-state index contributed by atoms with van der Waals surface area (Å²) in [5.41, 5.74) is -0.296. The highest BCUT2D eigenvalue weighted by molar-refractivity contribution is 6.31. The first-order valence-electron chi connectivity index (χ1n) is 3.98. The van der Waals surface area contributed by atoms with Crippen molar-refractivity contribution < 1.29 is 0 Å². The van der Waals surface area contributed by atoms with E-state index in [9.17, 15) is 9.59 Å². The molecule has 0 saturated heterocycles. The van der Waals surface area contributed by atoms with Crippen LogP contribution in [0.1, 0.15) is 0 Å². The smallest absolute Gasteiger partial charge is 0.296 e. The van der Waals surface area contributed by atoms with Crippen LogP contribution in [0.25, 0.3) is 10.9 Å². The van der Waals surface area contributed by atoms with Crippen molar-refractivity contribution in [3.8, 4) is 0 Å². The topological polar surface area (TPSA) is 54.9 Å². The molecule has 0 bridgehead atoms. The van der Waals surface area contributed by atoms with Crippen molar-refractivity contribution in [3.05, 3.63) is 44.1 Å². The summed E-state index contributed by atoms with van der Waals surface area (Å²) in [6, 6.07) is 4.80. The number of aromatic amines is 1. The summed E-state index contributed by atoms with van der Waals surface area (Å²) in [5, 5.41) is 0.953. The van der Waals surface area contributed by atoms with Crippen molar-refractivity contribution in [2.75, 3.05) is 0 Å². The van der Waals surface area contributed by atoms with Gasteiger partial charge >= 0.3 is 5.69 Å². The molecule has 1 N–H and O–H groups in total. The molecule has 0 radical (unpaired) electrons. The molecule has 1 aromatic heterocycles. The van der Waals surface area contributed by atoms with Gasteiger partial charge in [-0.05, 0) is 18.2 Å². The minimum absolute atomic E-state index is 0.389. The monoisotopic (exact) mass is 210 g/mol. The molecule has 0 unspecified atom stereocenters. The van der Waals surface area contributed by atoms with Gasteiger partial charge in [-0.25, -0.2) is 4.79 Å². The molecule has 1 heterocycles. The van der Waals surface area contributed by atoms with Crippen molar-refractivity contribution in [2.45, 2.75) is 0 Å².